The topological polar surface area (TPSA) is 142 Å². The fraction of sp³-hybridized carbons (Fsp3) is 0. The van der Waals surface area contributed by atoms with E-state index in [-0.39, 0.29) is 21.3 Å². The summed E-state index contributed by atoms with van der Waals surface area (Å²) in [5.74, 6) is -1.55. The van der Waals surface area contributed by atoms with Crippen LogP contribution in [0.4, 0.5) is 15.8 Å². The number of nitrogens with two attached hydrogens (primary N) is 1. The number of thiophene rings is 1. The number of nitrogens with zero attached hydrogens (tertiary/aromatic N) is 1. The number of nitrogens with one attached hydrogen (secondary N) is 1. The first-order valence-electron chi connectivity index (χ1n) is 7.78. The van der Waals surface area contributed by atoms with Gasteiger partial charge in [0.15, 0.2) is 5.75 Å². The molecule has 1 amide bonds. The number of primary sulfonamides is 1. The number of ether oxygens (including phenoxy) is 1. The van der Waals surface area contributed by atoms with Crippen LogP contribution in [0.5, 0.6) is 11.5 Å². The van der Waals surface area contributed by atoms with Crippen molar-refractivity contribution in [1.82, 2.24) is 0 Å². The van der Waals surface area contributed by atoms with E-state index < -0.39 is 32.4 Å². The molecule has 3 rings (SSSR count). The van der Waals surface area contributed by atoms with Crippen molar-refractivity contribution in [2.75, 3.05) is 5.32 Å². The summed E-state index contributed by atoms with van der Waals surface area (Å²) < 4.78 is 41.3. The van der Waals surface area contributed by atoms with E-state index in [1.54, 1.807) is 5.38 Å². The Kier molecular flexibility index (Phi) is 5.59. The Morgan fingerprint density at radius 3 is 2.45 bits per heavy atom. The quantitative estimate of drug-likeness (QED) is 0.447. The highest BCUT2D eigenvalue weighted by atomic mass is 32.2. The van der Waals surface area contributed by atoms with E-state index in [2.05, 4.69) is 5.32 Å². The van der Waals surface area contributed by atoms with Gasteiger partial charge in [0.1, 0.15) is 10.7 Å². The number of rotatable bonds is 6. The Morgan fingerprint density at radius 1 is 1.14 bits per heavy atom. The van der Waals surface area contributed by atoms with Crippen LogP contribution in [0.2, 0.25) is 0 Å². The van der Waals surface area contributed by atoms with Crippen molar-refractivity contribution in [3.05, 3.63) is 74.7 Å². The number of nitro groups is 1. The molecule has 0 fully saturated rings. The Labute approximate surface area is 167 Å². The smallest absolute Gasteiger partial charge is 0.314 e. The second-order valence-electron chi connectivity index (χ2n) is 5.61. The van der Waals surface area contributed by atoms with Gasteiger partial charge >= 0.3 is 5.69 Å². The molecule has 0 aliphatic heterocycles. The van der Waals surface area contributed by atoms with Gasteiger partial charge in [-0.2, -0.15) is 0 Å². The van der Waals surface area contributed by atoms with E-state index in [1.807, 2.05) is 0 Å². The minimum Gasteiger partial charge on any atom is -0.448 e. The van der Waals surface area contributed by atoms with Crippen molar-refractivity contribution in [2.24, 2.45) is 5.14 Å². The normalized spacial score (nSPS) is 11.1. The molecule has 150 valence electrons. The minimum absolute atomic E-state index is 0.0448. The van der Waals surface area contributed by atoms with Crippen LogP contribution >= 0.6 is 11.3 Å². The lowest BCUT2D eigenvalue weighted by atomic mass is 10.3. The van der Waals surface area contributed by atoms with E-state index in [4.69, 9.17) is 9.88 Å². The molecule has 2 aromatic carbocycles. The molecule has 3 aromatic rings. The first-order chi connectivity index (χ1) is 13.6. The maximum atomic E-state index is 13.3. The van der Waals surface area contributed by atoms with Crippen LogP contribution < -0.4 is 15.2 Å². The summed E-state index contributed by atoms with van der Waals surface area (Å²) in [5.41, 5.74) is -0.282. The zero-order valence-corrected chi connectivity index (χ0v) is 16.0. The average Bonchev–Trinajstić information content (AvgIpc) is 3.11. The molecule has 0 atom stereocenters. The van der Waals surface area contributed by atoms with Gasteiger partial charge in [0, 0.05) is 5.69 Å². The van der Waals surface area contributed by atoms with Gasteiger partial charge in [0.25, 0.3) is 5.91 Å². The molecule has 0 spiro atoms. The van der Waals surface area contributed by atoms with Crippen LogP contribution in [0, 0.1) is 15.9 Å². The van der Waals surface area contributed by atoms with Gasteiger partial charge < -0.3 is 10.1 Å². The molecule has 9 nitrogen and oxygen atoms in total. The molecular weight excluding hydrogens is 425 g/mol. The van der Waals surface area contributed by atoms with E-state index in [0.717, 1.165) is 23.5 Å². The fourth-order valence-electron chi connectivity index (χ4n) is 2.30. The van der Waals surface area contributed by atoms with Crippen LogP contribution in [-0.4, -0.2) is 19.2 Å². The number of nitro benzene ring substituents is 1. The maximum absolute atomic E-state index is 13.3. The van der Waals surface area contributed by atoms with Crippen molar-refractivity contribution in [2.45, 2.75) is 4.90 Å². The van der Waals surface area contributed by atoms with Crippen molar-refractivity contribution in [1.29, 1.82) is 0 Å². The summed E-state index contributed by atoms with van der Waals surface area (Å²) in [7, 11) is -3.86. The third-order valence-electron chi connectivity index (χ3n) is 3.61. The number of amides is 1. The molecule has 3 N–H and O–H groups in total. The fourth-order valence-corrected chi connectivity index (χ4v) is 3.52. The van der Waals surface area contributed by atoms with Gasteiger partial charge in [-0.25, -0.2) is 17.9 Å². The third kappa shape index (κ3) is 4.74. The Hall–Kier alpha value is -3.35. The molecular formula is C17H12FN3O6S2. The third-order valence-corrected chi connectivity index (χ3v) is 5.44. The number of sulfonamides is 1. The molecule has 0 unspecified atom stereocenters. The highest BCUT2D eigenvalue weighted by Gasteiger charge is 2.21. The Morgan fingerprint density at radius 2 is 1.83 bits per heavy atom. The molecule has 0 bridgehead atoms. The summed E-state index contributed by atoms with van der Waals surface area (Å²) in [6.07, 6.45) is 0. The molecule has 1 aromatic heterocycles. The van der Waals surface area contributed by atoms with E-state index in [1.165, 1.54) is 30.3 Å². The number of hydrogen-bond donors (Lipinski definition) is 2. The van der Waals surface area contributed by atoms with E-state index in [9.17, 15) is 27.7 Å². The van der Waals surface area contributed by atoms with Crippen LogP contribution in [0.3, 0.4) is 0 Å². The molecule has 0 aliphatic rings. The zero-order valence-electron chi connectivity index (χ0n) is 14.4. The first-order valence-corrected chi connectivity index (χ1v) is 10.2. The number of carbonyl (C=O) groups excluding carboxylic acids is 1. The van der Waals surface area contributed by atoms with E-state index in [0.29, 0.717) is 11.8 Å². The number of halogens is 1. The summed E-state index contributed by atoms with van der Waals surface area (Å²) >= 11 is 1.02. The highest BCUT2D eigenvalue weighted by Crippen LogP contribution is 2.35. The van der Waals surface area contributed by atoms with Crippen molar-refractivity contribution in [3.8, 4) is 11.5 Å². The Balaban J connectivity index is 1.82. The highest BCUT2D eigenvalue weighted by molar-refractivity contribution is 7.89. The van der Waals surface area contributed by atoms with Crippen molar-refractivity contribution >= 4 is 38.6 Å². The second-order valence-corrected chi connectivity index (χ2v) is 8.09. The molecule has 29 heavy (non-hydrogen) atoms. The molecule has 0 saturated carbocycles. The predicted molar refractivity (Wildman–Crippen MR) is 103 cm³/mol. The van der Waals surface area contributed by atoms with Crippen molar-refractivity contribution < 1.29 is 27.3 Å². The summed E-state index contributed by atoms with van der Waals surface area (Å²) in [4.78, 5) is 22.8. The maximum Gasteiger partial charge on any atom is 0.314 e. The zero-order chi connectivity index (χ0) is 21.2. The second kappa shape index (κ2) is 7.95. The van der Waals surface area contributed by atoms with Gasteiger partial charge in [-0.3, -0.25) is 14.9 Å². The number of benzene rings is 2. The SMILES string of the molecule is NS(=O)(=O)c1ccc(NC(=O)c2sccc2Oc2ccc(F)cc2[N+](=O)[O-])cc1. The van der Waals surface area contributed by atoms with Gasteiger partial charge in [-0.15, -0.1) is 11.3 Å². The number of hydrogen-bond acceptors (Lipinski definition) is 7. The summed E-state index contributed by atoms with van der Waals surface area (Å²) in [6, 6.07) is 9.44. The lowest BCUT2D eigenvalue weighted by Crippen LogP contribution is -2.13. The standard InChI is InChI=1S/C17H12FN3O6S2/c18-10-1-6-14(13(9-10)21(23)24)27-15-7-8-28-16(15)17(22)20-11-2-4-12(5-3-11)29(19,25)26/h1-9H,(H,20,22)(H2,19,25,26). The van der Waals surface area contributed by atoms with Gasteiger partial charge in [-0.05, 0) is 47.8 Å². The summed E-state index contributed by atoms with van der Waals surface area (Å²) in [5, 5.41) is 20.2. The van der Waals surface area contributed by atoms with Gasteiger partial charge in [0.05, 0.1) is 15.9 Å². The largest absolute Gasteiger partial charge is 0.448 e. The van der Waals surface area contributed by atoms with E-state index >= 15 is 0 Å². The molecule has 12 heteroatoms. The molecule has 0 radical (unpaired) electrons. The van der Waals surface area contributed by atoms with Gasteiger partial charge in [-0.1, -0.05) is 0 Å². The van der Waals surface area contributed by atoms with Crippen LogP contribution in [0.25, 0.3) is 0 Å². The average molecular weight is 437 g/mol. The number of anilines is 1. The summed E-state index contributed by atoms with van der Waals surface area (Å²) in [6.45, 7) is 0. The first kappa shape index (κ1) is 20.4. The molecule has 0 saturated heterocycles. The monoisotopic (exact) mass is 437 g/mol. The minimum atomic E-state index is -3.86. The molecule has 1 heterocycles. The molecule has 0 aliphatic carbocycles. The lowest BCUT2D eigenvalue weighted by Gasteiger charge is -2.09. The number of carbonyl (C=O) groups is 1. The van der Waals surface area contributed by atoms with Crippen molar-refractivity contribution in [3.63, 3.8) is 0 Å². The van der Waals surface area contributed by atoms with Gasteiger partial charge in [0.2, 0.25) is 15.8 Å². The van der Waals surface area contributed by atoms with Crippen LogP contribution in [-0.2, 0) is 10.0 Å². The van der Waals surface area contributed by atoms with Crippen LogP contribution in [0.1, 0.15) is 9.67 Å². The van der Waals surface area contributed by atoms with Crippen LogP contribution in [0.15, 0.2) is 58.8 Å². The Bertz CT molecular complexity index is 1190. The predicted octanol–water partition coefficient (Wildman–Crippen LogP) is 3.49. The lowest BCUT2D eigenvalue weighted by molar-refractivity contribution is -0.385.